The number of pyridine rings is 1. The lowest BCUT2D eigenvalue weighted by Crippen LogP contribution is -2.29. The quantitative estimate of drug-likeness (QED) is 0.265. The molecule has 1 fully saturated rings. The van der Waals surface area contributed by atoms with Crippen LogP contribution in [0.4, 0.5) is 5.13 Å². The standard InChI is InChI=1S/C25H19N3O4S/c1-2-32-16-11-12-17-19(14-16)33-25(27-17)28-21(18-10-6-7-13-26-18)20(23(30)24(28)31)22(29)15-8-4-3-5-9-15/h3-14,21,29H,2H2,1H3/b22-20+. The summed E-state index contributed by atoms with van der Waals surface area (Å²) >= 11 is 1.28. The first-order valence-electron chi connectivity index (χ1n) is 10.4. The van der Waals surface area contributed by atoms with Crippen molar-refractivity contribution in [1.29, 1.82) is 0 Å². The number of aromatic nitrogens is 2. The van der Waals surface area contributed by atoms with Gasteiger partial charge in [-0.25, -0.2) is 4.98 Å². The van der Waals surface area contributed by atoms with Crippen LogP contribution in [0, 0.1) is 0 Å². The Balaban J connectivity index is 1.69. The summed E-state index contributed by atoms with van der Waals surface area (Å²) in [6.45, 7) is 2.44. The highest BCUT2D eigenvalue weighted by Gasteiger charge is 2.48. The van der Waals surface area contributed by atoms with Crippen molar-refractivity contribution in [2.45, 2.75) is 13.0 Å². The van der Waals surface area contributed by atoms with Gasteiger partial charge in [-0.15, -0.1) is 0 Å². The van der Waals surface area contributed by atoms with Gasteiger partial charge in [0.1, 0.15) is 17.6 Å². The van der Waals surface area contributed by atoms with Crippen LogP contribution in [0.1, 0.15) is 24.2 Å². The molecule has 4 aromatic rings. The molecule has 1 aliphatic rings. The third kappa shape index (κ3) is 3.64. The fourth-order valence-corrected chi connectivity index (χ4v) is 4.87. The Kier molecular flexibility index (Phi) is 5.35. The molecule has 3 heterocycles. The minimum absolute atomic E-state index is 0.0147. The Morgan fingerprint density at radius 2 is 1.88 bits per heavy atom. The van der Waals surface area contributed by atoms with Crippen LogP contribution in [0.2, 0.25) is 0 Å². The van der Waals surface area contributed by atoms with Gasteiger partial charge in [-0.1, -0.05) is 47.7 Å². The van der Waals surface area contributed by atoms with Gasteiger partial charge in [0.15, 0.2) is 5.13 Å². The van der Waals surface area contributed by atoms with Crippen molar-refractivity contribution < 1.29 is 19.4 Å². The molecule has 1 amide bonds. The van der Waals surface area contributed by atoms with E-state index in [9.17, 15) is 14.7 Å². The second-order valence-electron chi connectivity index (χ2n) is 7.35. The van der Waals surface area contributed by atoms with Crippen LogP contribution >= 0.6 is 11.3 Å². The minimum atomic E-state index is -0.904. The Morgan fingerprint density at radius 3 is 2.61 bits per heavy atom. The number of aliphatic hydroxyl groups excluding tert-OH is 1. The van der Waals surface area contributed by atoms with Crippen LogP contribution in [0.5, 0.6) is 5.75 Å². The van der Waals surface area contributed by atoms with Crippen LogP contribution in [0.15, 0.2) is 78.5 Å². The second kappa shape index (κ2) is 8.48. The number of ether oxygens (including phenoxy) is 1. The van der Waals surface area contributed by atoms with E-state index in [0.29, 0.717) is 34.3 Å². The van der Waals surface area contributed by atoms with Crippen molar-refractivity contribution in [3.05, 3.63) is 89.8 Å². The Morgan fingerprint density at radius 1 is 1.09 bits per heavy atom. The van der Waals surface area contributed by atoms with Crippen molar-refractivity contribution in [3.63, 3.8) is 0 Å². The van der Waals surface area contributed by atoms with Crippen LogP contribution in [-0.2, 0) is 9.59 Å². The van der Waals surface area contributed by atoms with E-state index in [1.807, 2.05) is 31.2 Å². The highest BCUT2D eigenvalue weighted by Crippen LogP contribution is 2.44. The second-order valence-corrected chi connectivity index (χ2v) is 8.36. The van der Waals surface area contributed by atoms with Crippen molar-refractivity contribution >= 4 is 44.1 Å². The molecule has 1 unspecified atom stereocenters. The maximum absolute atomic E-state index is 13.2. The third-order valence-electron chi connectivity index (χ3n) is 5.33. The van der Waals surface area contributed by atoms with Gasteiger partial charge in [-0.2, -0.15) is 0 Å². The maximum Gasteiger partial charge on any atom is 0.301 e. The number of rotatable bonds is 5. The molecule has 1 N–H and O–H groups in total. The molecule has 5 rings (SSSR count). The predicted molar refractivity (Wildman–Crippen MR) is 126 cm³/mol. The monoisotopic (exact) mass is 457 g/mol. The van der Waals surface area contributed by atoms with E-state index in [4.69, 9.17) is 4.74 Å². The van der Waals surface area contributed by atoms with Gasteiger partial charge in [-0.3, -0.25) is 19.5 Å². The molecule has 0 saturated carbocycles. The van der Waals surface area contributed by atoms with Gasteiger partial charge in [-0.05, 0) is 37.3 Å². The van der Waals surface area contributed by atoms with E-state index in [1.54, 1.807) is 48.7 Å². The molecule has 0 spiro atoms. The van der Waals surface area contributed by atoms with Crippen molar-refractivity contribution in [2.75, 3.05) is 11.5 Å². The summed E-state index contributed by atoms with van der Waals surface area (Å²) in [5.74, 6) is -1.08. The summed E-state index contributed by atoms with van der Waals surface area (Å²) in [6.07, 6.45) is 1.59. The number of hydrogen-bond donors (Lipinski definition) is 1. The van der Waals surface area contributed by atoms with Gasteiger partial charge < -0.3 is 9.84 Å². The third-order valence-corrected chi connectivity index (χ3v) is 6.34. The zero-order chi connectivity index (χ0) is 22.9. The van der Waals surface area contributed by atoms with Crippen molar-refractivity contribution in [1.82, 2.24) is 9.97 Å². The minimum Gasteiger partial charge on any atom is -0.507 e. The normalized spacial score (nSPS) is 17.6. The molecule has 0 radical (unpaired) electrons. The summed E-state index contributed by atoms with van der Waals surface area (Å²) in [7, 11) is 0. The number of anilines is 1. The fraction of sp³-hybridized carbons (Fsp3) is 0.120. The summed E-state index contributed by atoms with van der Waals surface area (Å²) in [6, 6.07) is 18.5. The lowest BCUT2D eigenvalue weighted by molar-refractivity contribution is -0.132. The van der Waals surface area contributed by atoms with E-state index >= 15 is 0 Å². The summed E-state index contributed by atoms with van der Waals surface area (Å²) in [4.78, 5) is 36.7. The lowest BCUT2D eigenvalue weighted by Gasteiger charge is -2.21. The van der Waals surface area contributed by atoms with Gasteiger partial charge in [0.2, 0.25) is 0 Å². The Labute approximate surface area is 193 Å². The Hall–Kier alpha value is -4.04. The maximum atomic E-state index is 13.2. The Bertz CT molecular complexity index is 1380. The smallest absolute Gasteiger partial charge is 0.301 e. The molecule has 2 aromatic heterocycles. The van der Waals surface area contributed by atoms with Gasteiger partial charge >= 0.3 is 5.91 Å². The first-order valence-corrected chi connectivity index (χ1v) is 11.2. The number of Topliss-reactive ketones (excluding diaryl/α,β-unsaturated/α-hetero) is 1. The number of thiazole rings is 1. The van der Waals surface area contributed by atoms with E-state index < -0.39 is 17.7 Å². The molecule has 0 aliphatic carbocycles. The van der Waals surface area contributed by atoms with Gasteiger partial charge in [0.05, 0.1) is 28.1 Å². The zero-order valence-corrected chi connectivity index (χ0v) is 18.5. The van der Waals surface area contributed by atoms with E-state index in [2.05, 4.69) is 9.97 Å². The molecule has 2 aromatic carbocycles. The van der Waals surface area contributed by atoms with Crippen LogP contribution in [0.3, 0.4) is 0 Å². The zero-order valence-electron chi connectivity index (χ0n) is 17.6. The average Bonchev–Trinajstić information content (AvgIpc) is 3.38. The summed E-state index contributed by atoms with van der Waals surface area (Å²) in [5, 5.41) is 11.4. The number of nitrogens with zero attached hydrogens (tertiary/aromatic N) is 3. The van der Waals surface area contributed by atoms with E-state index in [-0.39, 0.29) is 11.3 Å². The van der Waals surface area contributed by atoms with E-state index in [1.165, 1.54) is 16.2 Å². The van der Waals surface area contributed by atoms with E-state index in [0.717, 1.165) is 4.70 Å². The molecule has 1 saturated heterocycles. The topological polar surface area (TPSA) is 92.6 Å². The highest BCUT2D eigenvalue weighted by atomic mass is 32.1. The molecule has 1 aliphatic heterocycles. The summed E-state index contributed by atoms with van der Waals surface area (Å²) < 4.78 is 6.39. The van der Waals surface area contributed by atoms with Crippen LogP contribution in [0.25, 0.3) is 16.0 Å². The predicted octanol–water partition coefficient (Wildman–Crippen LogP) is 4.72. The number of fused-ring (bicyclic) bond motifs is 1. The van der Waals surface area contributed by atoms with Gasteiger partial charge in [0, 0.05) is 11.8 Å². The number of amides is 1. The SMILES string of the molecule is CCOc1ccc2nc(N3C(=O)C(=O)/C(=C(/O)c4ccccc4)C3c3ccccn3)sc2c1. The lowest BCUT2D eigenvalue weighted by atomic mass is 9.98. The highest BCUT2D eigenvalue weighted by molar-refractivity contribution is 7.22. The van der Waals surface area contributed by atoms with Gasteiger partial charge in [0.25, 0.3) is 5.78 Å². The number of ketones is 1. The van der Waals surface area contributed by atoms with Crippen molar-refractivity contribution in [2.24, 2.45) is 0 Å². The number of hydrogen-bond acceptors (Lipinski definition) is 7. The number of benzene rings is 2. The molecule has 7 nitrogen and oxygen atoms in total. The number of carbonyl (C=O) groups is 2. The average molecular weight is 458 g/mol. The van der Waals surface area contributed by atoms with Crippen LogP contribution in [-0.4, -0.2) is 33.4 Å². The summed E-state index contributed by atoms with van der Waals surface area (Å²) in [5.41, 5.74) is 1.58. The van der Waals surface area contributed by atoms with Crippen LogP contribution < -0.4 is 9.64 Å². The first kappa shape index (κ1) is 20.8. The molecular weight excluding hydrogens is 438 g/mol. The molecule has 33 heavy (non-hydrogen) atoms. The molecular formula is C25H19N3O4S. The largest absolute Gasteiger partial charge is 0.507 e. The van der Waals surface area contributed by atoms with Crippen molar-refractivity contribution in [3.8, 4) is 5.75 Å². The molecule has 8 heteroatoms. The number of aliphatic hydroxyl groups is 1. The molecule has 0 bridgehead atoms. The fourth-order valence-electron chi connectivity index (χ4n) is 3.85. The number of carbonyl (C=O) groups excluding carboxylic acids is 2. The first-order chi connectivity index (χ1) is 16.1. The molecule has 164 valence electrons. The molecule has 1 atom stereocenters.